The van der Waals surface area contributed by atoms with Crippen LogP contribution in [0.15, 0.2) is 35.5 Å². The van der Waals surface area contributed by atoms with Gasteiger partial charge in [0.05, 0.1) is 12.9 Å². The highest BCUT2D eigenvalue weighted by Gasteiger charge is 2.29. The first-order chi connectivity index (χ1) is 16.8. The van der Waals surface area contributed by atoms with E-state index in [1.165, 1.54) is 11.8 Å². The summed E-state index contributed by atoms with van der Waals surface area (Å²) in [6.07, 6.45) is 2.11. The second kappa shape index (κ2) is 11.5. The van der Waals surface area contributed by atoms with Gasteiger partial charge in [-0.15, -0.1) is 0 Å². The molecule has 3 heterocycles. The topological polar surface area (TPSA) is 78.9 Å². The van der Waals surface area contributed by atoms with Gasteiger partial charge in [0, 0.05) is 50.4 Å². The number of piperazine rings is 1. The Balaban J connectivity index is 1.36. The van der Waals surface area contributed by atoms with Gasteiger partial charge in [-0.25, -0.2) is 9.97 Å². The van der Waals surface area contributed by atoms with Crippen LogP contribution in [-0.2, 0) is 4.79 Å². The number of nitrogens with zero attached hydrogens (tertiary/aromatic N) is 5. The van der Waals surface area contributed by atoms with Crippen LogP contribution in [0.25, 0.3) is 0 Å². The quantitative estimate of drug-likeness (QED) is 0.327. The maximum atomic E-state index is 13.0. The number of hydrogen-bond donors (Lipinski definition) is 0. The van der Waals surface area contributed by atoms with Gasteiger partial charge in [-0.2, -0.15) is 0 Å². The number of hydrogen-bond acceptors (Lipinski definition) is 7. The zero-order valence-electron chi connectivity index (χ0n) is 20.4. The van der Waals surface area contributed by atoms with Crippen LogP contribution in [0.1, 0.15) is 37.0 Å². The third kappa shape index (κ3) is 6.38. The Labute approximate surface area is 216 Å². The van der Waals surface area contributed by atoms with Crippen molar-refractivity contribution in [1.82, 2.24) is 19.8 Å². The molecule has 1 aromatic heterocycles. The molecular weight excluding hydrogens is 486 g/mol. The lowest BCUT2D eigenvalue weighted by Gasteiger charge is -2.40. The van der Waals surface area contributed by atoms with Crippen molar-refractivity contribution >= 4 is 41.0 Å². The van der Waals surface area contributed by atoms with Gasteiger partial charge >= 0.3 is 0 Å². The van der Waals surface area contributed by atoms with Crippen molar-refractivity contribution in [2.75, 3.05) is 50.5 Å². The Kier molecular flexibility index (Phi) is 8.38. The molecule has 0 saturated carbocycles. The molecule has 2 amide bonds. The van der Waals surface area contributed by atoms with Gasteiger partial charge in [-0.05, 0) is 49.9 Å². The minimum absolute atomic E-state index is 0.00221. The summed E-state index contributed by atoms with van der Waals surface area (Å²) < 4.78 is 5.19. The maximum absolute atomic E-state index is 13.0. The molecule has 4 rings (SSSR count). The van der Waals surface area contributed by atoms with Gasteiger partial charge in [-0.3, -0.25) is 9.59 Å². The van der Waals surface area contributed by atoms with Crippen LogP contribution >= 0.6 is 23.4 Å². The summed E-state index contributed by atoms with van der Waals surface area (Å²) in [5, 5.41) is 0.844. The van der Waals surface area contributed by atoms with Gasteiger partial charge in [0.1, 0.15) is 16.7 Å². The Morgan fingerprint density at radius 3 is 2.46 bits per heavy atom. The van der Waals surface area contributed by atoms with Crippen LogP contribution in [0.3, 0.4) is 0 Å². The fraction of sp³-hybridized carbons (Fsp3) is 0.520. The van der Waals surface area contributed by atoms with Crippen LogP contribution in [0.5, 0.6) is 5.75 Å². The molecule has 0 radical (unpaired) electrons. The molecule has 1 atom stereocenters. The number of benzene rings is 1. The van der Waals surface area contributed by atoms with Crippen LogP contribution in [0, 0.1) is 5.92 Å². The average molecular weight is 518 g/mol. The molecular formula is C25H32ClN5O3S. The highest BCUT2D eigenvalue weighted by Crippen LogP contribution is 2.26. The minimum Gasteiger partial charge on any atom is -0.497 e. The smallest absolute Gasteiger partial charge is 0.254 e. The van der Waals surface area contributed by atoms with E-state index in [0.717, 1.165) is 37.5 Å². The molecule has 2 saturated heterocycles. The summed E-state index contributed by atoms with van der Waals surface area (Å²) in [5.74, 6) is 2.54. The Morgan fingerprint density at radius 2 is 1.80 bits per heavy atom. The highest BCUT2D eigenvalue weighted by atomic mass is 35.5. The number of rotatable bonds is 6. The van der Waals surface area contributed by atoms with Gasteiger partial charge in [0.25, 0.3) is 5.91 Å². The van der Waals surface area contributed by atoms with E-state index in [9.17, 15) is 9.59 Å². The van der Waals surface area contributed by atoms with Crippen molar-refractivity contribution in [1.29, 1.82) is 0 Å². The Bertz CT molecular complexity index is 1050. The van der Waals surface area contributed by atoms with Gasteiger partial charge in [-0.1, -0.05) is 30.3 Å². The van der Waals surface area contributed by atoms with Crippen molar-refractivity contribution in [3.05, 3.63) is 41.0 Å². The number of carbonyl (C=O) groups excluding carboxylic acids is 2. The number of thioether (sulfide) groups is 1. The fourth-order valence-corrected chi connectivity index (χ4v) is 5.44. The van der Waals surface area contributed by atoms with E-state index in [0.29, 0.717) is 47.2 Å². The van der Waals surface area contributed by atoms with Crippen LogP contribution in [-0.4, -0.2) is 83.2 Å². The summed E-state index contributed by atoms with van der Waals surface area (Å²) in [6, 6.07) is 8.91. The third-order valence-corrected chi connectivity index (χ3v) is 7.70. The van der Waals surface area contributed by atoms with E-state index < -0.39 is 0 Å². The van der Waals surface area contributed by atoms with Crippen molar-refractivity contribution in [3.63, 3.8) is 0 Å². The largest absolute Gasteiger partial charge is 0.497 e. The van der Waals surface area contributed by atoms with Crippen LogP contribution in [0.4, 0.5) is 5.82 Å². The minimum atomic E-state index is -0.00809. The van der Waals surface area contributed by atoms with Crippen molar-refractivity contribution < 1.29 is 14.3 Å². The number of piperidine rings is 1. The molecule has 0 N–H and O–H groups in total. The molecule has 2 fully saturated rings. The van der Waals surface area contributed by atoms with Crippen LogP contribution in [0.2, 0.25) is 5.15 Å². The number of aromatic nitrogens is 2. The molecule has 1 unspecified atom stereocenters. The van der Waals surface area contributed by atoms with E-state index >= 15 is 0 Å². The molecule has 0 spiro atoms. The molecule has 188 valence electrons. The average Bonchev–Trinajstić information content (AvgIpc) is 2.87. The lowest BCUT2D eigenvalue weighted by Crippen LogP contribution is -2.54. The van der Waals surface area contributed by atoms with Gasteiger partial charge < -0.3 is 19.4 Å². The Hall–Kier alpha value is -2.52. The van der Waals surface area contributed by atoms with Gasteiger partial charge in [0.2, 0.25) is 5.91 Å². The molecule has 2 aromatic rings. The molecule has 1 aromatic carbocycles. The van der Waals surface area contributed by atoms with E-state index in [4.69, 9.17) is 16.3 Å². The van der Waals surface area contributed by atoms with Crippen molar-refractivity contribution in [3.8, 4) is 5.75 Å². The first kappa shape index (κ1) is 25.6. The molecule has 2 aliphatic rings. The maximum Gasteiger partial charge on any atom is 0.254 e. The van der Waals surface area contributed by atoms with Gasteiger partial charge in [0.15, 0.2) is 5.16 Å². The molecule has 10 heteroatoms. The fourth-order valence-electron chi connectivity index (χ4n) is 4.45. The summed E-state index contributed by atoms with van der Waals surface area (Å²) >= 11 is 7.63. The number of carbonyl (C=O) groups is 2. The standard InChI is InChI=1S/C25H32ClN5O3S/c1-17-8-10-29(11-9-17)23(32)16-35-25-27-21(26)14-22(28-25)30-12-13-31(18(2)15-30)24(33)19-4-6-20(34-3)7-5-19/h4-7,14,17-18H,8-13,15-16H2,1-3H3. The summed E-state index contributed by atoms with van der Waals surface area (Å²) in [5.41, 5.74) is 0.641. The van der Waals surface area contributed by atoms with Crippen molar-refractivity contribution in [2.24, 2.45) is 5.92 Å². The number of ether oxygens (including phenoxy) is 1. The Morgan fingerprint density at radius 1 is 1.09 bits per heavy atom. The predicted molar refractivity (Wildman–Crippen MR) is 138 cm³/mol. The summed E-state index contributed by atoms with van der Waals surface area (Å²) in [6.45, 7) is 7.73. The van der Waals surface area contributed by atoms with Crippen LogP contribution < -0.4 is 9.64 Å². The first-order valence-electron chi connectivity index (χ1n) is 12.0. The third-order valence-electron chi connectivity index (χ3n) is 6.67. The van der Waals surface area contributed by atoms with Crippen molar-refractivity contribution in [2.45, 2.75) is 37.9 Å². The highest BCUT2D eigenvalue weighted by molar-refractivity contribution is 7.99. The lowest BCUT2D eigenvalue weighted by atomic mass is 9.99. The number of halogens is 1. The van der Waals surface area contributed by atoms with E-state index in [2.05, 4.69) is 21.8 Å². The zero-order valence-corrected chi connectivity index (χ0v) is 22.0. The second-order valence-electron chi connectivity index (χ2n) is 9.21. The number of methoxy groups -OCH3 is 1. The lowest BCUT2D eigenvalue weighted by molar-refractivity contribution is -0.129. The monoisotopic (exact) mass is 517 g/mol. The summed E-state index contributed by atoms with van der Waals surface area (Å²) in [4.78, 5) is 40.6. The zero-order chi connectivity index (χ0) is 24.9. The molecule has 8 nitrogen and oxygen atoms in total. The van der Waals surface area contributed by atoms with E-state index in [-0.39, 0.29) is 17.9 Å². The number of anilines is 1. The first-order valence-corrected chi connectivity index (χ1v) is 13.4. The SMILES string of the molecule is COc1ccc(C(=O)N2CCN(c3cc(Cl)nc(SCC(=O)N4CCC(C)CC4)n3)CC2C)cc1. The molecule has 0 aliphatic carbocycles. The molecule has 35 heavy (non-hydrogen) atoms. The number of amides is 2. The molecule has 2 aliphatic heterocycles. The normalized spacial score (nSPS) is 19.1. The van der Waals surface area contributed by atoms with E-state index in [1.807, 2.05) is 16.7 Å². The number of likely N-dealkylation sites (tertiary alicyclic amines) is 1. The summed E-state index contributed by atoms with van der Waals surface area (Å²) in [7, 11) is 1.61. The molecule has 0 bridgehead atoms. The van der Waals surface area contributed by atoms with E-state index in [1.54, 1.807) is 37.4 Å². The second-order valence-corrected chi connectivity index (χ2v) is 10.5. The predicted octanol–water partition coefficient (Wildman–Crippen LogP) is 3.84.